The van der Waals surface area contributed by atoms with E-state index in [2.05, 4.69) is 66.0 Å². The lowest BCUT2D eigenvalue weighted by molar-refractivity contribution is 0.728. The quantitative estimate of drug-likeness (QED) is 0.761. The molecule has 0 N–H and O–H groups in total. The zero-order chi connectivity index (χ0) is 12.7. The van der Waals surface area contributed by atoms with E-state index in [-0.39, 0.29) is 6.17 Å². The molecule has 0 spiro atoms. The fourth-order valence-corrected chi connectivity index (χ4v) is 2.56. The number of benzene rings is 1. The van der Waals surface area contributed by atoms with Gasteiger partial charge in [0.1, 0.15) is 6.17 Å². The summed E-state index contributed by atoms with van der Waals surface area (Å²) in [5.41, 5.74) is 3.72. The summed E-state index contributed by atoms with van der Waals surface area (Å²) in [6.45, 7) is 4.35. The predicted molar refractivity (Wildman–Crippen MR) is 75.4 cm³/mol. The summed E-state index contributed by atoms with van der Waals surface area (Å²) in [6.07, 6.45) is 2.14. The third-order valence-corrected chi connectivity index (χ3v) is 3.67. The number of fused-ring (bicyclic) bond motifs is 1. The van der Waals surface area contributed by atoms with E-state index in [1.807, 2.05) is 12.3 Å². The van der Waals surface area contributed by atoms with Crippen molar-refractivity contribution in [2.45, 2.75) is 20.0 Å². The van der Waals surface area contributed by atoms with E-state index in [1.165, 1.54) is 16.9 Å². The van der Waals surface area contributed by atoms with Crippen LogP contribution in [0.1, 0.15) is 12.5 Å². The molecule has 1 aromatic carbocycles. The molecule has 92 valence electrons. The Kier molecular flexibility index (Phi) is 2.47. The summed E-state index contributed by atoms with van der Waals surface area (Å²) in [4.78, 5) is 9.04. The molecule has 0 saturated heterocycles. The van der Waals surface area contributed by atoms with Crippen LogP contribution < -0.4 is 9.80 Å². The van der Waals surface area contributed by atoms with Crippen LogP contribution in [0, 0.1) is 6.92 Å². The first kappa shape index (κ1) is 11.1. The van der Waals surface area contributed by atoms with Crippen molar-refractivity contribution in [3.63, 3.8) is 0 Å². The monoisotopic (exact) mass is 239 g/mol. The third kappa shape index (κ3) is 1.47. The van der Waals surface area contributed by atoms with Gasteiger partial charge in [-0.2, -0.15) is 0 Å². The first-order valence-corrected chi connectivity index (χ1v) is 6.23. The van der Waals surface area contributed by atoms with Crippen LogP contribution >= 0.6 is 0 Å². The van der Waals surface area contributed by atoms with Crippen LogP contribution in [0.4, 0.5) is 17.2 Å². The van der Waals surface area contributed by atoms with Gasteiger partial charge in [-0.25, -0.2) is 4.98 Å². The molecule has 3 rings (SSSR count). The lowest BCUT2D eigenvalue weighted by Crippen LogP contribution is -2.36. The molecule has 2 heterocycles. The van der Waals surface area contributed by atoms with Gasteiger partial charge in [-0.05, 0) is 37.6 Å². The Morgan fingerprint density at radius 2 is 1.78 bits per heavy atom. The highest BCUT2D eigenvalue weighted by molar-refractivity contribution is 5.81. The Morgan fingerprint density at radius 3 is 2.56 bits per heavy atom. The summed E-state index contributed by atoms with van der Waals surface area (Å²) in [5.74, 6) is 1.05. The summed E-state index contributed by atoms with van der Waals surface area (Å²) >= 11 is 0. The predicted octanol–water partition coefficient (Wildman–Crippen LogP) is 3.32. The van der Waals surface area contributed by atoms with Crippen molar-refractivity contribution >= 4 is 17.2 Å². The SMILES string of the molecule is Cc1ccccc1N1c2cccnc2N(C)[C@@H]1C. The van der Waals surface area contributed by atoms with Crippen molar-refractivity contribution in [3.8, 4) is 0 Å². The van der Waals surface area contributed by atoms with Gasteiger partial charge in [0.05, 0.1) is 5.69 Å². The van der Waals surface area contributed by atoms with Crippen LogP contribution in [0.15, 0.2) is 42.6 Å². The normalized spacial score (nSPS) is 18.1. The van der Waals surface area contributed by atoms with E-state index in [0.29, 0.717) is 0 Å². The second-order valence-electron chi connectivity index (χ2n) is 4.75. The topological polar surface area (TPSA) is 19.4 Å². The number of pyridine rings is 1. The van der Waals surface area contributed by atoms with Crippen LogP contribution in [0.3, 0.4) is 0 Å². The van der Waals surface area contributed by atoms with E-state index in [1.54, 1.807) is 0 Å². The lowest BCUT2D eigenvalue weighted by atomic mass is 10.1. The van der Waals surface area contributed by atoms with Gasteiger partial charge in [0.15, 0.2) is 5.82 Å². The maximum absolute atomic E-state index is 4.48. The minimum atomic E-state index is 0.288. The van der Waals surface area contributed by atoms with Crippen molar-refractivity contribution in [2.75, 3.05) is 16.8 Å². The number of rotatable bonds is 1. The highest BCUT2D eigenvalue weighted by Crippen LogP contribution is 2.42. The fourth-order valence-electron chi connectivity index (χ4n) is 2.56. The number of nitrogens with zero attached hydrogens (tertiary/aromatic N) is 3. The molecule has 3 nitrogen and oxygen atoms in total. The Hall–Kier alpha value is -2.03. The summed E-state index contributed by atoms with van der Waals surface area (Å²) < 4.78 is 0. The Morgan fingerprint density at radius 1 is 1.06 bits per heavy atom. The fraction of sp³-hybridized carbons (Fsp3) is 0.267. The molecule has 1 aromatic heterocycles. The minimum absolute atomic E-state index is 0.288. The molecule has 0 fully saturated rings. The molecular weight excluding hydrogens is 222 g/mol. The maximum atomic E-state index is 4.48. The molecule has 3 heteroatoms. The molecule has 0 radical (unpaired) electrons. The van der Waals surface area contributed by atoms with Gasteiger partial charge >= 0.3 is 0 Å². The second-order valence-corrected chi connectivity index (χ2v) is 4.75. The molecule has 1 aliphatic heterocycles. The van der Waals surface area contributed by atoms with E-state index < -0.39 is 0 Å². The molecule has 1 aliphatic rings. The van der Waals surface area contributed by atoms with Gasteiger partial charge in [-0.3, -0.25) is 0 Å². The van der Waals surface area contributed by atoms with Crippen molar-refractivity contribution in [1.29, 1.82) is 0 Å². The summed E-state index contributed by atoms with van der Waals surface area (Å²) in [7, 11) is 2.09. The van der Waals surface area contributed by atoms with Crippen molar-refractivity contribution in [2.24, 2.45) is 0 Å². The largest absolute Gasteiger partial charge is 0.337 e. The summed E-state index contributed by atoms with van der Waals surface area (Å²) in [5, 5.41) is 0. The zero-order valence-electron chi connectivity index (χ0n) is 11.0. The first-order chi connectivity index (χ1) is 8.70. The van der Waals surface area contributed by atoms with Gasteiger partial charge in [0.2, 0.25) is 0 Å². The summed E-state index contributed by atoms with van der Waals surface area (Å²) in [6, 6.07) is 12.6. The number of hydrogen-bond acceptors (Lipinski definition) is 3. The average molecular weight is 239 g/mol. The molecular formula is C15H17N3. The highest BCUT2D eigenvalue weighted by Gasteiger charge is 2.32. The third-order valence-electron chi connectivity index (χ3n) is 3.67. The smallest absolute Gasteiger partial charge is 0.153 e. The van der Waals surface area contributed by atoms with Crippen LogP contribution in [0.25, 0.3) is 0 Å². The number of para-hydroxylation sites is 1. The van der Waals surface area contributed by atoms with Crippen molar-refractivity contribution in [1.82, 2.24) is 4.98 Å². The van der Waals surface area contributed by atoms with Gasteiger partial charge in [0, 0.05) is 18.9 Å². The van der Waals surface area contributed by atoms with Crippen LogP contribution in [-0.4, -0.2) is 18.2 Å². The average Bonchev–Trinajstić information content (AvgIpc) is 2.64. The van der Waals surface area contributed by atoms with Crippen LogP contribution in [-0.2, 0) is 0 Å². The standard InChI is InChI=1S/C15H17N3/c1-11-7-4-5-8-13(11)18-12(2)17(3)15-14(18)9-6-10-16-15/h4-10,12H,1-3H3/t12-/m0/s1. The molecule has 2 aromatic rings. The first-order valence-electron chi connectivity index (χ1n) is 6.23. The molecule has 0 aliphatic carbocycles. The van der Waals surface area contributed by atoms with Gasteiger partial charge in [0.25, 0.3) is 0 Å². The van der Waals surface area contributed by atoms with Crippen LogP contribution in [0.2, 0.25) is 0 Å². The zero-order valence-corrected chi connectivity index (χ0v) is 11.0. The Balaban J connectivity index is 2.16. The number of hydrogen-bond donors (Lipinski definition) is 0. The molecule has 0 saturated carbocycles. The number of anilines is 3. The molecule has 1 atom stereocenters. The van der Waals surface area contributed by atoms with E-state index in [4.69, 9.17) is 0 Å². The van der Waals surface area contributed by atoms with Crippen molar-refractivity contribution in [3.05, 3.63) is 48.2 Å². The minimum Gasteiger partial charge on any atom is -0.337 e. The van der Waals surface area contributed by atoms with Crippen LogP contribution in [0.5, 0.6) is 0 Å². The van der Waals surface area contributed by atoms with E-state index in [9.17, 15) is 0 Å². The number of aryl methyl sites for hydroxylation is 1. The van der Waals surface area contributed by atoms with Crippen molar-refractivity contribution < 1.29 is 0 Å². The van der Waals surface area contributed by atoms with Gasteiger partial charge < -0.3 is 9.80 Å². The van der Waals surface area contributed by atoms with Gasteiger partial charge in [-0.1, -0.05) is 18.2 Å². The van der Waals surface area contributed by atoms with Gasteiger partial charge in [-0.15, -0.1) is 0 Å². The molecule has 18 heavy (non-hydrogen) atoms. The second kappa shape index (κ2) is 4.02. The Bertz CT molecular complexity index is 579. The van der Waals surface area contributed by atoms with E-state index >= 15 is 0 Å². The lowest BCUT2D eigenvalue weighted by Gasteiger charge is -2.28. The maximum Gasteiger partial charge on any atom is 0.153 e. The number of aromatic nitrogens is 1. The molecule has 0 amide bonds. The molecule has 0 unspecified atom stereocenters. The highest BCUT2D eigenvalue weighted by atomic mass is 15.4. The van der Waals surface area contributed by atoms with E-state index in [0.717, 1.165) is 5.82 Å². The molecule has 0 bridgehead atoms. The Labute approximate surface area is 108 Å².